The van der Waals surface area contributed by atoms with Gasteiger partial charge in [-0.1, -0.05) is 6.07 Å². The Balaban J connectivity index is 2.21. The lowest BCUT2D eigenvalue weighted by atomic mass is 10.1. The molecule has 0 amide bonds. The molecule has 0 saturated heterocycles. The summed E-state index contributed by atoms with van der Waals surface area (Å²) in [5, 5.41) is 1.85. The topological polar surface area (TPSA) is 17.1 Å². The second-order valence-electron chi connectivity index (χ2n) is 3.30. The molecule has 4 heteroatoms. The Morgan fingerprint density at radius 2 is 2.06 bits per heavy atom. The summed E-state index contributed by atoms with van der Waals surface area (Å²) >= 11 is 1.44. The lowest BCUT2D eigenvalue weighted by Crippen LogP contribution is -2.05. The van der Waals surface area contributed by atoms with E-state index in [4.69, 9.17) is 0 Å². The average Bonchev–Trinajstić information content (AvgIpc) is 2.70. The third-order valence-corrected chi connectivity index (χ3v) is 3.02. The predicted octanol–water partition coefficient (Wildman–Crippen LogP) is 3.45. The Kier molecular flexibility index (Phi) is 3.10. The van der Waals surface area contributed by atoms with Crippen molar-refractivity contribution in [2.24, 2.45) is 0 Å². The Hall–Kier alpha value is -1.55. The first kappa shape index (κ1) is 11.0. The number of rotatable bonds is 3. The average molecular weight is 238 g/mol. The number of hydrogen-bond donors (Lipinski definition) is 0. The molecule has 0 radical (unpaired) electrons. The van der Waals surface area contributed by atoms with E-state index in [9.17, 15) is 13.6 Å². The van der Waals surface area contributed by atoms with Crippen molar-refractivity contribution in [1.29, 1.82) is 0 Å². The molecule has 16 heavy (non-hydrogen) atoms. The molecule has 0 N–H and O–H groups in total. The quantitative estimate of drug-likeness (QED) is 0.748. The van der Waals surface area contributed by atoms with E-state index >= 15 is 0 Å². The SMILES string of the molecule is O=C(Cc1cccs1)c1ccc(F)cc1F. The van der Waals surface area contributed by atoms with E-state index in [0.717, 1.165) is 17.0 Å². The van der Waals surface area contributed by atoms with Crippen LogP contribution in [-0.4, -0.2) is 5.78 Å². The summed E-state index contributed by atoms with van der Waals surface area (Å²) < 4.78 is 25.9. The highest BCUT2D eigenvalue weighted by Gasteiger charge is 2.13. The second kappa shape index (κ2) is 4.53. The van der Waals surface area contributed by atoms with Crippen molar-refractivity contribution in [3.63, 3.8) is 0 Å². The molecule has 0 spiro atoms. The van der Waals surface area contributed by atoms with Crippen LogP contribution in [0.5, 0.6) is 0 Å². The zero-order chi connectivity index (χ0) is 11.5. The van der Waals surface area contributed by atoms with Gasteiger partial charge in [0.2, 0.25) is 0 Å². The zero-order valence-corrected chi connectivity index (χ0v) is 9.06. The van der Waals surface area contributed by atoms with E-state index in [0.29, 0.717) is 0 Å². The first-order valence-electron chi connectivity index (χ1n) is 4.67. The largest absolute Gasteiger partial charge is 0.294 e. The third kappa shape index (κ3) is 2.33. The molecule has 2 rings (SSSR count). The molecule has 82 valence electrons. The molecule has 0 fully saturated rings. The maximum atomic E-state index is 13.3. The molecule has 0 atom stereocenters. The number of carbonyl (C=O) groups is 1. The summed E-state index contributed by atoms with van der Waals surface area (Å²) in [7, 11) is 0. The molecule has 1 aromatic heterocycles. The van der Waals surface area contributed by atoms with Crippen LogP contribution < -0.4 is 0 Å². The fraction of sp³-hybridized carbons (Fsp3) is 0.0833. The molecular weight excluding hydrogens is 230 g/mol. The van der Waals surface area contributed by atoms with Crippen LogP contribution in [0, 0.1) is 11.6 Å². The van der Waals surface area contributed by atoms with Crippen LogP contribution >= 0.6 is 11.3 Å². The first-order chi connectivity index (χ1) is 7.66. The standard InChI is InChI=1S/C12H8F2OS/c13-8-3-4-10(11(14)6-8)12(15)7-9-2-1-5-16-9/h1-6H,7H2. The van der Waals surface area contributed by atoms with Crippen molar-refractivity contribution >= 4 is 17.1 Å². The number of halogens is 2. The molecule has 0 unspecified atom stereocenters. The van der Waals surface area contributed by atoms with Crippen LogP contribution in [0.1, 0.15) is 15.2 Å². The Labute approximate surface area is 95.4 Å². The van der Waals surface area contributed by atoms with Gasteiger partial charge in [-0.3, -0.25) is 4.79 Å². The monoisotopic (exact) mass is 238 g/mol. The minimum atomic E-state index is -0.804. The lowest BCUT2D eigenvalue weighted by Gasteiger charge is -2.01. The Bertz CT molecular complexity index is 506. The van der Waals surface area contributed by atoms with Crippen molar-refractivity contribution < 1.29 is 13.6 Å². The minimum Gasteiger partial charge on any atom is -0.294 e. The maximum Gasteiger partial charge on any atom is 0.171 e. The molecule has 1 nitrogen and oxygen atoms in total. The van der Waals surface area contributed by atoms with Crippen molar-refractivity contribution in [2.75, 3.05) is 0 Å². The van der Waals surface area contributed by atoms with Crippen LogP contribution in [0.2, 0.25) is 0 Å². The maximum absolute atomic E-state index is 13.3. The highest BCUT2D eigenvalue weighted by molar-refractivity contribution is 7.10. The predicted molar refractivity (Wildman–Crippen MR) is 58.7 cm³/mol. The highest BCUT2D eigenvalue weighted by atomic mass is 32.1. The van der Waals surface area contributed by atoms with E-state index in [-0.39, 0.29) is 17.8 Å². The van der Waals surface area contributed by atoms with Crippen LogP contribution in [0.25, 0.3) is 0 Å². The normalized spacial score (nSPS) is 10.4. The fourth-order valence-corrected chi connectivity index (χ4v) is 2.09. The third-order valence-electron chi connectivity index (χ3n) is 2.15. The van der Waals surface area contributed by atoms with Gasteiger partial charge < -0.3 is 0 Å². The molecule has 1 aromatic carbocycles. The van der Waals surface area contributed by atoms with Gasteiger partial charge in [-0.05, 0) is 23.6 Å². The Morgan fingerprint density at radius 1 is 1.25 bits per heavy atom. The summed E-state index contributed by atoms with van der Waals surface area (Å²) in [4.78, 5) is 12.6. The molecule has 2 aromatic rings. The van der Waals surface area contributed by atoms with Gasteiger partial charge in [0, 0.05) is 17.4 Å². The molecule has 1 heterocycles. The van der Waals surface area contributed by atoms with E-state index in [1.54, 1.807) is 0 Å². The highest BCUT2D eigenvalue weighted by Crippen LogP contribution is 2.15. The number of ketones is 1. The summed E-state index contributed by atoms with van der Waals surface area (Å²) in [5.74, 6) is -1.81. The van der Waals surface area contributed by atoms with Gasteiger partial charge >= 0.3 is 0 Å². The number of carbonyl (C=O) groups excluding carboxylic acids is 1. The van der Waals surface area contributed by atoms with Gasteiger partial charge in [0.05, 0.1) is 5.56 Å². The van der Waals surface area contributed by atoms with E-state index in [1.165, 1.54) is 17.4 Å². The van der Waals surface area contributed by atoms with Gasteiger partial charge in [-0.15, -0.1) is 11.3 Å². The van der Waals surface area contributed by atoms with Gasteiger partial charge in [0.1, 0.15) is 11.6 Å². The van der Waals surface area contributed by atoms with Crippen LogP contribution in [0.15, 0.2) is 35.7 Å². The zero-order valence-electron chi connectivity index (χ0n) is 8.24. The van der Waals surface area contributed by atoms with Gasteiger partial charge in [-0.25, -0.2) is 8.78 Å². The van der Waals surface area contributed by atoms with Gasteiger partial charge in [-0.2, -0.15) is 0 Å². The number of Topliss-reactive ketones (excluding diaryl/α,β-unsaturated/α-hetero) is 1. The minimum absolute atomic E-state index is 0.0604. The van der Waals surface area contributed by atoms with Crippen LogP contribution in [-0.2, 0) is 6.42 Å². The van der Waals surface area contributed by atoms with Crippen LogP contribution in [0.3, 0.4) is 0 Å². The smallest absolute Gasteiger partial charge is 0.171 e. The summed E-state index contributed by atoms with van der Waals surface area (Å²) in [6, 6.07) is 6.63. The number of hydrogen-bond acceptors (Lipinski definition) is 2. The molecule has 0 bridgehead atoms. The van der Waals surface area contributed by atoms with Crippen molar-refractivity contribution in [1.82, 2.24) is 0 Å². The van der Waals surface area contributed by atoms with E-state index < -0.39 is 11.6 Å². The molecule has 0 aliphatic carbocycles. The van der Waals surface area contributed by atoms with E-state index in [1.807, 2.05) is 17.5 Å². The summed E-state index contributed by atoms with van der Waals surface area (Å²) in [6.45, 7) is 0. The Morgan fingerprint density at radius 3 is 2.69 bits per heavy atom. The number of benzene rings is 1. The molecule has 0 aliphatic heterocycles. The molecular formula is C12H8F2OS. The van der Waals surface area contributed by atoms with Crippen molar-refractivity contribution in [3.05, 3.63) is 57.8 Å². The second-order valence-corrected chi connectivity index (χ2v) is 4.34. The number of thiophene rings is 1. The van der Waals surface area contributed by atoms with E-state index in [2.05, 4.69) is 0 Å². The van der Waals surface area contributed by atoms with Gasteiger partial charge in [0.15, 0.2) is 5.78 Å². The first-order valence-corrected chi connectivity index (χ1v) is 5.55. The molecule has 0 aliphatic rings. The lowest BCUT2D eigenvalue weighted by molar-refractivity contribution is 0.0990. The summed E-state index contributed by atoms with van der Waals surface area (Å²) in [5.41, 5.74) is -0.0604. The fourth-order valence-electron chi connectivity index (χ4n) is 1.38. The van der Waals surface area contributed by atoms with Crippen molar-refractivity contribution in [2.45, 2.75) is 6.42 Å². The summed E-state index contributed by atoms with van der Waals surface area (Å²) in [6.07, 6.45) is 0.153. The van der Waals surface area contributed by atoms with Crippen LogP contribution in [0.4, 0.5) is 8.78 Å². The van der Waals surface area contributed by atoms with Crippen molar-refractivity contribution in [3.8, 4) is 0 Å². The molecule has 0 saturated carbocycles. The van der Waals surface area contributed by atoms with Gasteiger partial charge in [0.25, 0.3) is 0 Å².